The molecule has 3 heterocycles. The van der Waals surface area contributed by atoms with Crippen molar-refractivity contribution in [3.63, 3.8) is 0 Å². The zero-order valence-corrected chi connectivity index (χ0v) is 19.0. The number of thiazole rings is 1. The number of hydrogen-bond donors (Lipinski definition) is 0. The lowest BCUT2D eigenvalue weighted by Crippen LogP contribution is -2.47. The predicted molar refractivity (Wildman–Crippen MR) is 121 cm³/mol. The molecule has 1 amide bonds. The fraction of sp³-hybridized carbons (Fsp3) is 0.381. The first-order valence-electron chi connectivity index (χ1n) is 10.1. The van der Waals surface area contributed by atoms with Crippen LogP contribution in [0.25, 0.3) is 10.2 Å². The molecule has 1 aliphatic rings. The molecule has 0 aliphatic carbocycles. The molecule has 8 nitrogen and oxygen atoms in total. The summed E-state index contributed by atoms with van der Waals surface area (Å²) in [5.74, 6) is 0.477. The Balaban J connectivity index is 1.72. The number of fused-ring (bicyclic) bond motifs is 1. The van der Waals surface area contributed by atoms with Crippen molar-refractivity contribution in [3.8, 4) is 5.75 Å². The number of pyridine rings is 1. The van der Waals surface area contributed by atoms with Gasteiger partial charge in [0.2, 0.25) is 15.9 Å². The lowest BCUT2D eigenvalue weighted by molar-refractivity contribution is -0.121. The first-order valence-corrected chi connectivity index (χ1v) is 12.7. The van der Waals surface area contributed by atoms with Gasteiger partial charge in [0.25, 0.3) is 0 Å². The second-order valence-electron chi connectivity index (χ2n) is 7.38. The molecular weight excluding hydrogens is 436 g/mol. The number of rotatable bonds is 7. The van der Waals surface area contributed by atoms with Crippen LogP contribution in [0, 0.1) is 0 Å². The van der Waals surface area contributed by atoms with Crippen molar-refractivity contribution in [1.29, 1.82) is 0 Å². The number of aromatic nitrogens is 2. The van der Waals surface area contributed by atoms with Crippen molar-refractivity contribution in [1.82, 2.24) is 14.3 Å². The van der Waals surface area contributed by atoms with Crippen LogP contribution < -0.4 is 9.64 Å². The molecule has 0 bridgehead atoms. The maximum Gasteiger partial charge on any atom is 0.247 e. The second kappa shape index (κ2) is 8.89. The topological polar surface area (TPSA) is 92.7 Å². The summed E-state index contributed by atoms with van der Waals surface area (Å²) in [6, 6.07) is 8.60. The zero-order chi connectivity index (χ0) is 22.0. The average molecular weight is 461 g/mol. The smallest absolute Gasteiger partial charge is 0.247 e. The standard InChI is InChI=1S/C21H24N4O4S2/c1-3-29-16-8-9-17-19(12-16)30-21(23-17)24(14-15-6-4-10-22-13-15)20(26)18-7-5-11-25(18)31(2,27)28/h4,6,8-10,12-13,18H,3,5,7,11,14H2,1-2H3. The molecule has 164 valence electrons. The maximum atomic E-state index is 13.6. The van der Waals surface area contributed by atoms with Crippen LogP contribution in [-0.2, 0) is 21.4 Å². The van der Waals surface area contributed by atoms with Gasteiger partial charge in [0.1, 0.15) is 11.8 Å². The number of hydrogen-bond acceptors (Lipinski definition) is 7. The van der Waals surface area contributed by atoms with Crippen molar-refractivity contribution in [2.75, 3.05) is 24.3 Å². The number of ether oxygens (including phenoxy) is 1. The minimum absolute atomic E-state index is 0.263. The van der Waals surface area contributed by atoms with Crippen LogP contribution in [0.2, 0.25) is 0 Å². The van der Waals surface area contributed by atoms with E-state index < -0.39 is 16.1 Å². The van der Waals surface area contributed by atoms with Crippen LogP contribution in [0.3, 0.4) is 0 Å². The van der Waals surface area contributed by atoms with E-state index >= 15 is 0 Å². The molecule has 1 aromatic carbocycles. The third-order valence-corrected chi connectivity index (χ3v) is 7.46. The van der Waals surface area contributed by atoms with E-state index in [0.717, 1.165) is 27.8 Å². The third-order valence-electron chi connectivity index (χ3n) is 5.13. The highest BCUT2D eigenvalue weighted by Crippen LogP contribution is 2.34. The fourth-order valence-corrected chi connectivity index (χ4v) is 5.86. The normalized spacial score (nSPS) is 17.2. The highest BCUT2D eigenvalue weighted by molar-refractivity contribution is 7.88. The molecular formula is C21H24N4O4S2. The van der Waals surface area contributed by atoms with Gasteiger partial charge in [-0.25, -0.2) is 13.4 Å². The Bertz CT molecular complexity index is 1180. The van der Waals surface area contributed by atoms with Gasteiger partial charge in [0.15, 0.2) is 5.13 Å². The lowest BCUT2D eigenvalue weighted by atomic mass is 10.2. The highest BCUT2D eigenvalue weighted by atomic mass is 32.2. The van der Waals surface area contributed by atoms with E-state index in [4.69, 9.17) is 4.74 Å². The van der Waals surface area contributed by atoms with Crippen molar-refractivity contribution >= 4 is 42.6 Å². The van der Waals surface area contributed by atoms with Gasteiger partial charge in [0, 0.05) is 18.9 Å². The fourth-order valence-electron chi connectivity index (χ4n) is 3.74. The minimum atomic E-state index is -3.48. The third kappa shape index (κ3) is 4.70. The molecule has 10 heteroatoms. The number of amides is 1. The SMILES string of the molecule is CCOc1ccc2nc(N(Cc3cccnc3)C(=O)C3CCCN3S(C)(=O)=O)sc2c1. The molecule has 31 heavy (non-hydrogen) atoms. The summed E-state index contributed by atoms with van der Waals surface area (Å²) in [5.41, 5.74) is 1.60. The molecule has 2 aromatic heterocycles. The Kier molecular flexibility index (Phi) is 6.22. The molecule has 0 spiro atoms. The van der Waals surface area contributed by atoms with E-state index in [0.29, 0.717) is 31.1 Å². The minimum Gasteiger partial charge on any atom is -0.494 e. The van der Waals surface area contributed by atoms with Crippen LogP contribution in [0.15, 0.2) is 42.7 Å². The highest BCUT2D eigenvalue weighted by Gasteiger charge is 2.39. The number of carbonyl (C=O) groups is 1. The molecule has 0 saturated carbocycles. The van der Waals surface area contributed by atoms with E-state index in [1.165, 1.54) is 15.6 Å². The summed E-state index contributed by atoms with van der Waals surface area (Å²) in [5, 5.41) is 0.526. The van der Waals surface area contributed by atoms with Gasteiger partial charge in [-0.1, -0.05) is 17.4 Å². The first-order chi connectivity index (χ1) is 14.9. The monoisotopic (exact) mass is 460 g/mol. The number of carbonyl (C=O) groups excluding carboxylic acids is 1. The molecule has 0 radical (unpaired) electrons. The largest absolute Gasteiger partial charge is 0.494 e. The van der Waals surface area contributed by atoms with Crippen molar-refractivity contribution in [2.45, 2.75) is 32.4 Å². The number of anilines is 1. The van der Waals surface area contributed by atoms with E-state index in [1.54, 1.807) is 17.3 Å². The first kappa shape index (κ1) is 21.7. The van der Waals surface area contributed by atoms with Crippen LogP contribution >= 0.6 is 11.3 Å². The van der Waals surface area contributed by atoms with E-state index in [-0.39, 0.29) is 12.5 Å². The van der Waals surface area contributed by atoms with E-state index in [1.807, 2.05) is 37.3 Å². The van der Waals surface area contributed by atoms with Gasteiger partial charge in [-0.05, 0) is 49.6 Å². The molecule has 0 N–H and O–H groups in total. The maximum absolute atomic E-state index is 13.6. The quantitative estimate of drug-likeness (QED) is 0.538. The predicted octanol–water partition coefficient (Wildman–Crippen LogP) is 3.05. The summed E-state index contributed by atoms with van der Waals surface area (Å²) in [6.45, 7) is 3.10. The zero-order valence-electron chi connectivity index (χ0n) is 17.4. The van der Waals surface area contributed by atoms with Crippen LogP contribution in [0.4, 0.5) is 5.13 Å². The molecule has 4 rings (SSSR count). The molecule has 1 aliphatic heterocycles. The Morgan fingerprint density at radius 1 is 1.35 bits per heavy atom. The summed E-state index contributed by atoms with van der Waals surface area (Å²) >= 11 is 1.39. The lowest BCUT2D eigenvalue weighted by Gasteiger charge is -2.27. The summed E-state index contributed by atoms with van der Waals surface area (Å²) < 4.78 is 32.2. The Morgan fingerprint density at radius 2 is 2.19 bits per heavy atom. The summed E-state index contributed by atoms with van der Waals surface area (Å²) in [6.07, 6.45) is 5.67. The number of nitrogens with zero attached hydrogens (tertiary/aromatic N) is 4. The average Bonchev–Trinajstić information content (AvgIpc) is 3.39. The summed E-state index contributed by atoms with van der Waals surface area (Å²) in [4.78, 5) is 24.0. The van der Waals surface area contributed by atoms with Gasteiger partial charge < -0.3 is 4.74 Å². The van der Waals surface area contributed by atoms with Crippen LogP contribution in [0.5, 0.6) is 5.75 Å². The van der Waals surface area contributed by atoms with Crippen LogP contribution in [-0.4, -0.2) is 54.0 Å². The molecule has 1 unspecified atom stereocenters. The van der Waals surface area contributed by atoms with Gasteiger partial charge in [0.05, 0.1) is 29.6 Å². The van der Waals surface area contributed by atoms with Gasteiger partial charge in [-0.15, -0.1) is 0 Å². The van der Waals surface area contributed by atoms with Crippen molar-refractivity contribution in [3.05, 3.63) is 48.3 Å². The van der Waals surface area contributed by atoms with E-state index in [2.05, 4.69) is 9.97 Å². The molecule has 1 saturated heterocycles. The number of benzene rings is 1. The van der Waals surface area contributed by atoms with Gasteiger partial charge in [-0.3, -0.25) is 14.7 Å². The van der Waals surface area contributed by atoms with Crippen molar-refractivity contribution < 1.29 is 17.9 Å². The second-order valence-corrected chi connectivity index (χ2v) is 10.3. The van der Waals surface area contributed by atoms with E-state index in [9.17, 15) is 13.2 Å². The molecule has 1 fully saturated rings. The van der Waals surface area contributed by atoms with Crippen LogP contribution in [0.1, 0.15) is 25.3 Å². The van der Waals surface area contributed by atoms with Gasteiger partial charge >= 0.3 is 0 Å². The van der Waals surface area contributed by atoms with Gasteiger partial charge in [-0.2, -0.15) is 4.31 Å². The summed E-state index contributed by atoms with van der Waals surface area (Å²) in [7, 11) is -3.48. The van der Waals surface area contributed by atoms with Crippen molar-refractivity contribution in [2.24, 2.45) is 0 Å². The Hall–Kier alpha value is -2.56. The Labute approximate surface area is 185 Å². The Morgan fingerprint density at radius 3 is 2.90 bits per heavy atom. The molecule has 3 aromatic rings. The number of sulfonamides is 1. The molecule has 1 atom stereocenters.